The van der Waals surface area contributed by atoms with Crippen molar-refractivity contribution in [1.29, 1.82) is 0 Å². The minimum absolute atomic E-state index is 0.242. The fourth-order valence-electron chi connectivity index (χ4n) is 1.67. The van der Waals surface area contributed by atoms with Crippen LogP contribution in [0.5, 0.6) is 0 Å². The van der Waals surface area contributed by atoms with E-state index in [9.17, 15) is 4.79 Å². The molecular formula is C17H29NO2. The zero-order valence-electron chi connectivity index (χ0n) is 13.2. The number of carbonyl (C=O) groups excluding carboxylic acids is 1. The van der Waals surface area contributed by atoms with Crippen LogP contribution < -0.4 is 0 Å². The predicted molar refractivity (Wildman–Crippen MR) is 85.4 cm³/mol. The molecule has 0 aliphatic carbocycles. The average molecular weight is 279 g/mol. The van der Waals surface area contributed by atoms with Gasteiger partial charge in [0.05, 0.1) is 6.61 Å². The first-order chi connectivity index (χ1) is 9.74. The molecule has 0 aliphatic rings. The van der Waals surface area contributed by atoms with E-state index >= 15 is 0 Å². The van der Waals surface area contributed by atoms with Gasteiger partial charge in [0.1, 0.15) is 0 Å². The van der Waals surface area contributed by atoms with Gasteiger partial charge in [-0.25, -0.2) is 4.79 Å². The largest absolute Gasteiger partial charge is 0.463 e. The van der Waals surface area contributed by atoms with Gasteiger partial charge in [0.2, 0.25) is 0 Å². The third-order valence-electron chi connectivity index (χ3n) is 2.89. The Balaban J connectivity index is 3.55. The Labute approximate surface area is 124 Å². The molecule has 3 heteroatoms. The second kappa shape index (κ2) is 13.9. The molecule has 0 saturated carbocycles. The Kier molecular flexibility index (Phi) is 12.9. The minimum atomic E-state index is -0.242. The molecule has 0 N–H and O–H groups in total. The van der Waals surface area contributed by atoms with Gasteiger partial charge in [-0.1, -0.05) is 18.2 Å². The molecule has 0 amide bonds. The lowest BCUT2D eigenvalue weighted by atomic mass is 10.2. The molecule has 0 saturated heterocycles. The van der Waals surface area contributed by atoms with Crippen molar-refractivity contribution < 1.29 is 9.53 Å². The lowest BCUT2D eigenvalue weighted by molar-refractivity contribution is -0.137. The fraction of sp³-hybridized carbons (Fsp3) is 0.588. The van der Waals surface area contributed by atoms with Crippen molar-refractivity contribution in [2.24, 2.45) is 0 Å². The van der Waals surface area contributed by atoms with Gasteiger partial charge in [-0.15, -0.1) is 0 Å². The van der Waals surface area contributed by atoms with E-state index in [1.165, 1.54) is 6.08 Å². The molecule has 20 heavy (non-hydrogen) atoms. The molecule has 0 spiro atoms. The number of hydrogen-bond donors (Lipinski definition) is 0. The zero-order chi connectivity index (χ0) is 15.1. The summed E-state index contributed by atoms with van der Waals surface area (Å²) in [6.45, 7) is 8.66. The minimum Gasteiger partial charge on any atom is -0.463 e. The molecule has 0 atom stereocenters. The molecule has 0 fully saturated rings. The number of nitrogens with zero attached hydrogens (tertiary/aromatic N) is 1. The summed E-state index contributed by atoms with van der Waals surface area (Å²) in [6, 6.07) is 0. The molecule has 0 aromatic heterocycles. The van der Waals surface area contributed by atoms with Crippen LogP contribution in [0.3, 0.4) is 0 Å². The summed E-state index contributed by atoms with van der Waals surface area (Å²) in [5.74, 6) is -0.242. The summed E-state index contributed by atoms with van der Waals surface area (Å²) in [5.41, 5.74) is 0. The second-order valence-corrected chi connectivity index (χ2v) is 4.43. The highest BCUT2D eigenvalue weighted by Crippen LogP contribution is 2.02. The zero-order valence-corrected chi connectivity index (χ0v) is 13.2. The highest BCUT2D eigenvalue weighted by molar-refractivity contribution is 5.81. The van der Waals surface area contributed by atoms with Crippen molar-refractivity contribution in [3.05, 3.63) is 36.6 Å². The maximum absolute atomic E-state index is 11.0. The normalized spacial score (nSPS) is 11.8. The van der Waals surface area contributed by atoms with E-state index < -0.39 is 0 Å². The summed E-state index contributed by atoms with van der Waals surface area (Å²) in [4.78, 5) is 13.3. The van der Waals surface area contributed by atoms with E-state index in [-0.39, 0.29) is 5.97 Å². The highest BCUT2D eigenvalue weighted by atomic mass is 16.5. The van der Waals surface area contributed by atoms with Crippen molar-refractivity contribution in [2.75, 3.05) is 19.7 Å². The van der Waals surface area contributed by atoms with Crippen molar-refractivity contribution in [2.45, 2.75) is 46.5 Å². The predicted octanol–water partition coefficient (Wildman–Crippen LogP) is 4.08. The molecule has 0 rings (SSSR count). The maximum Gasteiger partial charge on any atom is 0.330 e. The van der Waals surface area contributed by atoms with Crippen molar-refractivity contribution in [3.63, 3.8) is 0 Å². The first kappa shape index (κ1) is 18.5. The van der Waals surface area contributed by atoms with Gasteiger partial charge in [-0.05, 0) is 58.7 Å². The van der Waals surface area contributed by atoms with Gasteiger partial charge >= 0.3 is 5.97 Å². The van der Waals surface area contributed by atoms with Crippen LogP contribution in [-0.2, 0) is 9.53 Å². The van der Waals surface area contributed by atoms with Crippen molar-refractivity contribution in [3.8, 4) is 0 Å². The van der Waals surface area contributed by atoms with E-state index in [0.717, 1.165) is 38.8 Å². The average Bonchev–Trinajstić information content (AvgIpc) is 2.45. The SMILES string of the molecule is CCOC(=O)/C=C/CCCC/C=C/C=C/N(CC)CC. The number of allylic oxidation sites excluding steroid dienone is 4. The van der Waals surface area contributed by atoms with E-state index in [0.29, 0.717) is 6.61 Å². The Morgan fingerprint density at radius 1 is 1.00 bits per heavy atom. The first-order valence-corrected chi connectivity index (χ1v) is 7.65. The number of ether oxygens (including phenoxy) is 1. The summed E-state index contributed by atoms with van der Waals surface area (Å²) < 4.78 is 4.80. The topological polar surface area (TPSA) is 29.5 Å². The summed E-state index contributed by atoms with van der Waals surface area (Å²) in [5, 5.41) is 0. The standard InChI is InChI=1S/C17H29NO2/c1-4-18(5-2)16-14-12-10-8-7-9-11-13-15-17(19)20-6-3/h10,12-16H,4-9,11H2,1-3H3/b12-10+,15-13+,16-14+. The van der Waals surface area contributed by atoms with Gasteiger partial charge in [-0.2, -0.15) is 0 Å². The fourth-order valence-corrected chi connectivity index (χ4v) is 1.67. The molecule has 0 heterocycles. The number of carbonyl (C=O) groups is 1. The van der Waals surface area contributed by atoms with Gasteiger partial charge in [0, 0.05) is 19.2 Å². The third kappa shape index (κ3) is 11.6. The molecule has 0 aliphatic heterocycles. The third-order valence-corrected chi connectivity index (χ3v) is 2.89. The maximum atomic E-state index is 11.0. The smallest absolute Gasteiger partial charge is 0.330 e. The van der Waals surface area contributed by atoms with Gasteiger partial charge in [-0.3, -0.25) is 0 Å². The van der Waals surface area contributed by atoms with Gasteiger partial charge in [0.25, 0.3) is 0 Å². The molecular weight excluding hydrogens is 250 g/mol. The number of unbranched alkanes of at least 4 members (excludes halogenated alkanes) is 3. The van der Waals surface area contributed by atoms with E-state index in [1.54, 1.807) is 0 Å². The molecule has 3 nitrogen and oxygen atoms in total. The Morgan fingerprint density at radius 2 is 1.65 bits per heavy atom. The van der Waals surface area contributed by atoms with E-state index in [1.807, 2.05) is 13.0 Å². The Bertz CT molecular complexity index is 315. The molecule has 114 valence electrons. The lowest BCUT2D eigenvalue weighted by Gasteiger charge is -2.13. The van der Waals surface area contributed by atoms with E-state index in [4.69, 9.17) is 4.74 Å². The lowest BCUT2D eigenvalue weighted by Crippen LogP contribution is -2.14. The molecule has 0 bridgehead atoms. The van der Waals surface area contributed by atoms with Crippen LogP contribution in [0.2, 0.25) is 0 Å². The van der Waals surface area contributed by atoms with Gasteiger partial charge < -0.3 is 9.64 Å². The monoisotopic (exact) mass is 279 g/mol. The van der Waals surface area contributed by atoms with Crippen LogP contribution in [0.25, 0.3) is 0 Å². The number of rotatable bonds is 11. The Hall–Kier alpha value is -1.51. The summed E-state index contributed by atoms with van der Waals surface area (Å²) in [7, 11) is 0. The first-order valence-electron chi connectivity index (χ1n) is 7.65. The van der Waals surface area contributed by atoms with Crippen molar-refractivity contribution in [1.82, 2.24) is 4.90 Å². The number of esters is 1. The quantitative estimate of drug-likeness (QED) is 0.247. The van der Waals surface area contributed by atoms with Crippen LogP contribution in [0.4, 0.5) is 0 Å². The van der Waals surface area contributed by atoms with Crippen LogP contribution >= 0.6 is 0 Å². The highest BCUT2D eigenvalue weighted by Gasteiger charge is 1.91. The molecule has 0 aromatic carbocycles. The van der Waals surface area contributed by atoms with E-state index in [2.05, 4.69) is 43.2 Å². The molecule has 0 aromatic rings. The molecule has 0 unspecified atom stereocenters. The van der Waals surface area contributed by atoms with Gasteiger partial charge in [0.15, 0.2) is 0 Å². The molecule has 0 radical (unpaired) electrons. The summed E-state index contributed by atoms with van der Waals surface area (Å²) in [6.07, 6.45) is 16.2. The van der Waals surface area contributed by atoms with Crippen LogP contribution in [0.15, 0.2) is 36.6 Å². The van der Waals surface area contributed by atoms with Crippen LogP contribution in [0, 0.1) is 0 Å². The van der Waals surface area contributed by atoms with Crippen molar-refractivity contribution >= 4 is 5.97 Å². The number of hydrogen-bond acceptors (Lipinski definition) is 3. The van der Waals surface area contributed by atoms with Crippen LogP contribution in [0.1, 0.15) is 46.5 Å². The Morgan fingerprint density at radius 3 is 2.25 bits per heavy atom. The van der Waals surface area contributed by atoms with Crippen LogP contribution in [-0.4, -0.2) is 30.6 Å². The summed E-state index contributed by atoms with van der Waals surface area (Å²) >= 11 is 0. The second-order valence-electron chi connectivity index (χ2n) is 4.43.